The van der Waals surface area contributed by atoms with Crippen LogP contribution in [0.1, 0.15) is 13.3 Å². The summed E-state index contributed by atoms with van der Waals surface area (Å²) in [6.45, 7) is 2.57. The van der Waals surface area contributed by atoms with Crippen LogP contribution in [0, 0.1) is 0 Å². The minimum absolute atomic E-state index is 0.0550. The van der Waals surface area contributed by atoms with E-state index in [0.29, 0.717) is 19.5 Å². The van der Waals surface area contributed by atoms with Crippen molar-refractivity contribution in [1.82, 2.24) is 0 Å². The smallest absolute Gasteiger partial charge is 0.367 e. The summed E-state index contributed by atoms with van der Waals surface area (Å²) in [6.07, 6.45) is 0.678. The van der Waals surface area contributed by atoms with E-state index >= 15 is 0 Å². The number of para-hydroxylation sites is 1. The topological polar surface area (TPSA) is 63.4 Å². The number of nitrogens with zero attached hydrogens (tertiary/aromatic N) is 1. The summed E-state index contributed by atoms with van der Waals surface area (Å²) in [5.74, 6) is 0. The molecule has 1 heterocycles. The molecule has 2 rings (SSSR count). The summed E-state index contributed by atoms with van der Waals surface area (Å²) in [5, 5.41) is 0. The first-order valence-corrected chi connectivity index (χ1v) is 7.53. The number of anilines is 1. The molecule has 0 saturated carbocycles. The fourth-order valence-electron chi connectivity index (χ4n) is 2.18. The Balaban J connectivity index is 2.39. The number of alkyl halides is 3. The highest BCUT2D eigenvalue weighted by molar-refractivity contribution is 7.92. The van der Waals surface area contributed by atoms with Gasteiger partial charge in [-0.15, -0.1) is 0 Å². The van der Waals surface area contributed by atoms with Gasteiger partial charge in [0.05, 0.1) is 16.1 Å². The molecule has 0 aromatic heterocycles. The lowest BCUT2D eigenvalue weighted by atomic mass is 9.88. The van der Waals surface area contributed by atoms with E-state index in [1.165, 1.54) is 18.2 Å². The molecule has 0 unspecified atom stereocenters. The average Bonchev–Trinajstić information content (AvgIpc) is 2.33. The quantitative estimate of drug-likeness (QED) is 0.926. The fraction of sp³-hybridized carbons (Fsp3) is 0.500. The van der Waals surface area contributed by atoms with Crippen LogP contribution in [0.15, 0.2) is 29.2 Å². The van der Waals surface area contributed by atoms with Gasteiger partial charge in [-0.1, -0.05) is 19.1 Å². The minimum atomic E-state index is -5.35. The summed E-state index contributed by atoms with van der Waals surface area (Å²) in [4.78, 5) is 0.841. The first-order valence-electron chi connectivity index (χ1n) is 6.05. The van der Waals surface area contributed by atoms with Crippen LogP contribution < -0.4 is 10.6 Å². The number of sulfone groups is 1. The van der Waals surface area contributed by atoms with E-state index in [-0.39, 0.29) is 5.69 Å². The molecule has 0 aliphatic carbocycles. The number of halogens is 3. The van der Waals surface area contributed by atoms with Crippen LogP contribution in [0.25, 0.3) is 0 Å². The Morgan fingerprint density at radius 1 is 1.30 bits per heavy atom. The highest BCUT2D eigenvalue weighted by Crippen LogP contribution is 2.38. The van der Waals surface area contributed by atoms with E-state index in [1.807, 2.05) is 6.92 Å². The Morgan fingerprint density at radius 2 is 1.85 bits per heavy atom. The number of rotatable bonds is 3. The molecule has 2 N–H and O–H groups in total. The maximum absolute atomic E-state index is 12.7. The largest absolute Gasteiger partial charge is 0.501 e. The van der Waals surface area contributed by atoms with Gasteiger partial charge in [-0.05, 0) is 18.6 Å². The molecule has 8 heteroatoms. The molecule has 1 aliphatic rings. The third kappa shape index (κ3) is 2.37. The normalized spacial score (nSPS) is 18.8. The van der Waals surface area contributed by atoms with Gasteiger partial charge in [0.25, 0.3) is 9.84 Å². The van der Waals surface area contributed by atoms with Gasteiger partial charge in [0.1, 0.15) is 0 Å². The SMILES string of the molecule is CCC1(N)CN(c2ccccc2S(=O)(=O)C(F)(F)F)C1. The predicted octanol–water partition coefficient (Wildman–Crippen LogP) is 1.91. The van der Waals surface area contributed by atoms with Gasteiger partial charge in [-0.25, -0.2) is 8.42 Å². The molecule has 0 radical (unpaired) electrons. The highest BCUT2D eigenvalue weighted by atomic mass is 32.2. The Kier molecular flexibility index (Phi) is 3.50. The molecule has 1 aromatic carbocycles. The third-order valence-corrected chi connectivity index (χ3v) is 5.05. The second-order valence-corrected chi connectivity index (χ2v) is 6.90. The van der Waals surface area contributed by atoms with Gasteiger partial charge >= 0.3 is 5.51 Å². The lowest BCUT2D eigenvalue weighted by Gasteiger charge is -2.49. The van der Waals surface area contributed by atoms with Crippen molar-refractivity contribution in [2.75, 3.05) is 18.0 Å². The Hall–Kier alpha value is -1.28. The van der Waals surface area contributed by atoms with Gasteiger partial charge in [0.15, 0.2) is 0 Å². The van der Waals surface area contributed by atoms with E-state index in [2.05, 4.69) is 0 Å². The van der Waals surface area contributed by atoms with Crippen LogP contribution in [0.2, 0.25) is 0 Å². The van der Waals surface area contributed by atoms with Gasteiger partial charge in [-0.2, -0.15) is 13.2 Å². The lowest BCUT2D eigenvalue weighted by molar-refractivity contribution is -0.0435. The van der Waals surface area contributed by atoms with Crippen molar-refractivity contribution in [3.63, 3.8) is 0 Å². The zero-order valence-electron chi connectivity index (χ0n) is 10.8. The van der Waals surface area contributed by atoms with Crippen molar-refractivity contribution >= 4 is 15.5 Å². The Bertz CT molecular complexity index is 607. The fourth-order valence-corrected chi connectivity index (χ4v) is 3.16. The number of hydrogen-bond donors (Lipinski definition) is 1. The predicted molar refractivity (Wildman–Crippen MR) is 69.1 cm³/mol. The van der Waals surface area contributed by atoms with Gasteiger partial charge in [0.2, 0.25) is 0 Å². The molecule has 0 bridgehead atoms. The van der Waals surface area contributed by atoms with Crippen molar-refractivity contribution in [2.24, 2.45) is 5.73 Å². The first-order chi connectivity index (χ1) is 9.11. The van der Waals surface area contributed by atoms with Crippen molar-refractivity contribution in [3.05, 3.63) is 24.3 Å². The van der Waals surface area contributed by atoms with E-state index in [0.717, 1.165) is 6.07 Å². The van der Waals surface area contributed by atoms with Gasteiger partial charge in [0, 0.05) is 13.1 Å². The third-order valence-electron chi connectivity index (χ3n) is 3.52. The van der Waals surface area contributed by atoms with Gasteiger partial charge < -0.3 is 10.6 Å². The van der Waals surface area contributed by atoms with Crippen LogP contribution in [-0.2, 0) is 9.84 Å². The van der Waals surface area contributed by atoms with Crippen LogP contribution in [0.5, 0.6) is 0 Å². The molecule has 4 nitrogen and oxygen atoms in total. The zero-order valence-corrected chi connectivity index (χ0v) is 11.6. The summed E-state index contributed by atoms with van der Waals surface area (Å²) in [7, 11) is -5.35. The standard InChI is InChI=1S/C12H15F3N2O2S/c1-2-11(16)7-17(8-11)9-5-3-4-6-10(9)20(18,19)12(13,14)15/h3-6H,2,7-8,16H2,1H3. The summed E-state index contributed by atoms with van der Waals surface area (Å²) in [5.41, 5.74) is 0.246. The molecule has 112 valence electrons. The van der Waals surface area contributed by atoms with Crippen LogP contribution in [-0.4, -0.2) is 32.6 Å². The van der Waals surface area contributed by atoms with Crippen LogP contribution >= 0.6 is 0 Å². The molecule has 0 amide bonds. The van der Waals surface area contributed by atoms with Crippen molar-refractivity contribution < 1.29 is 21.6 Å². The molecule has 1 aromatic rings. The van der Waals surface area contributed by atoms with E-state index in [4.69, 9.17) is 5.73 Å². The maximum Gasteiger partial charge on any atom is 0.501 e. The second kappa shape index (κ2) is 4.63. The van der Waals surface area contributed by atoms with E-state index < -0.39 is 25.8 Å². The van der Waals surface area contributed by atoms with Crippen molar-refractivity contribution in [1.29, 1.82) is 0 Å². The van der Waals surface area contributed by atoms with Crippen molar-refractivity contribution in [3.8, 4) is 0 Å². The molecule has 1 aliphatic heterocycles. The second-order valence-electron chi connectivity index (χ2n) is 4.99. The Morgan fingerprint density at radius 3 is 2.35 bits per heavy atom. The number of benzene rings is 1. The molecule has 20 heavy (non-hydrogen) atoms. The first kappa shape index (κ1) is 15.1. The molecule has 1 fully saturated rings. The number of hydrogen-bond acceptors (Lipinski definition) is 4. The van der Waals surface area contributed by atoms with E-state index in [9.17, 15) is 21.6 Å². The molecular weight excluding hydrogens is 293 g/mol. The summed E-state index contributed by atoms with van der Waals surface area (Å²) < 4.78 is 61.1. The van der Waals surface area contributed by atoms with E-state index in [1.54, 1.807) is 4.90 Å². The molecule has 0 atom stereocenters. The number of nitrogens with two attached hydrogens (primary N) is 1. The summed E-state index contributed by atoms with van der Waals surface area (Å²) in [6, 6.07) is 5.12. The van der Waals surface area contributed by atoms with Gasteiger partial charge in [-0.3, -0.25) is 0 Å². The maximum atomic E-state index is 12.7. The lowest BCUT2D eigenvalue weighted by Crippen LogP contribution is -2.67. The highest BCUT2D eigenvalue weighted by Gasteiger charge is 2.49. The average molecular weight is 308 g/mol. The molecule has 1 saturated heterocycles. The zero-order chi connectivity index (χ0) is 15.2. The Labute approximate surface area is 115 Å². The van der Waals surface area contributed by atoms with Crippen LogP contribution in [0.3, 0.4) is 0 Å². The van der Waals surface area contributed by atoms with Crippen molar-refractivity contribution in [2.45, 2.75) is 29.3 Å². The molecular formula is C12H15F3N2O2S. The minimum Gasteiger partial charge on any atom is -0.367 e. The summed E-state index contributed by atoms with van der Waals surface area (Å²) >= 11 is 0. The van der Waals surface area contributed by atoms with Crippen LogP contribution in [0.4, 0.5) is 18.9 Å². The molecule has 0 spiro atoms. The monoisotopic (exact) mass is 308 g/mol.